The second-order valence-electron chi connectivity index (χ2n) is 3.94. The lowest BCUT2D eigenvalue weighted by atomic mass is 10.3. The Kier molecular flexibility index (Phi) is 6.43. The molecule has 0 atom stereocenters. The minimum Gasteiger partial charge on any atom is -0.388 e. The van der Waals surface area contributed by atoms with E-state index in [0.717, 1.165) is 5.69 Å². The Balaban J connectivity index is 2.54. The molecule has 0 saturated carbocycles. The second kappa shape index (κ2) is 7.83. The van der Waals surface area contributed by atoms with Gasteiger partial charge in [-0.15, -0.1) is 0 Å². The molecule has 0 unspecified atom stereocenters. The Labute approximate surface area is 118 Å². The minimum absolute atomic E-state index is 0.112. The van der Waals surface area contributed by atoms with E-state index in [1.807, 2.05) is 0 Å². The number of rotatable bonds is 8. The van der Waals surface area contributed by atoms with Crippen LogP contribution in [0, 0.1) is 0 Å². The number of anilines is 1. The quantitative estimate of drug-likeness (QED) is 0.576. The van der Waals surface area contributed by atoms with Crippen LogP contribution >= 0.6 is 0 Å². The van der Waals surface area contributed by atoms with Crippen molar-refractivity contribution in [3.05, 3.63) is 24.3 Å². The number of carbonyl (C=O) groups excluding carboxylic acids is 1. The van der Waals surface area contributed by atoms with E-state index in [0.29, 0.717) is 13.2 Å². The first-order valence-electron chi connectivity index (χ1n) is 6.02. The Bertz CT molecular complexity index is 528. The van der Waals surface area contributed by atoms with Gasteiger partial charge in [0.15, 0.2) is 0 Å². The van der Waals surface area contributed by atoms with Gasteiger partial charge >= 0.3 is 0 Å². The van der Waals surface area contributed by atoms with Crippen molar-refractivity contribution in [1.82, 2.24) is 10.0 Å². The van der Waals surface area contributed by atoms with Crippen LogP contribution in [0.1, 0.15) is 0 Å². The fraction of sp³-hybridized carbons (Fsp3) is 0.417. The molecule has 3 N–H and O–H groups in total. The molecule has 0 aromatic heterocycles. The van der Waals surface area contributed by atoms with Gasteiger partial charge in [-0.05, 0) is 24.3 Å². The number of hydrogen-bond acceptors (Lipinski definition) is 5. The first-order chi connectivity index (χ1) is 9.49. The summed E-state index contributed by atoms with van der Waals surface area (Å²) >= 11 is 0. The second-order valence-corrected chi connectivity index (χ2v) is 5.71. The van der Waals surface area contributed by atoms with E-state index in [4.69, 9.17) is 4.74 Å². The summed E-state index contributed by atoms with van der Waals surface area (Å²) in [6.45, 7) is 0.414. The maximum Gasteiger partial charge on any atom is 0.241 e. The zero-order valence-electron chi connectivity index (χ0n) is 11.5. The summed E-state index contributed by atoms with van der Waals surface area (Å²) < 4.78 is 30.9. The van der Waals surface area contributed by atoms with Gasteiger partial charge in [0.1, 0.15) is 0 Å². The van der Waals surface area contributed by atoms with Crippen LogP contribution in [0.5, 0.6) is 0 Å². The highest BCUT2D eigenvalue weighted by molar-refractivity contribution is 7.89. The smallest absolute Gasteiger partial charge is 0.241 e. The van der Waals surface area contributed by atoms with Crippen LogP contribution < -0.4 is 15.4 Å². The number of ether oxygens (including phenoxy) is 1. The summed E-state index contributed by atoms with van der Waals surface area (Å²) in [5.41, 5.74) is 0.807. The topological polar surface area (TPSA) is 96.5 Å². The number of sulfonamides is 1. The van der Waals surface area contributed by atoms with E-state index in [9.17, 15) is 13.2 Å². The van der Waals surface area contributed by atoms with Crippen LogP contribution in [0.15, 0.2) is 29.2 Å². The Morgan fingerprint density at radius 1 is 1.25 bits per heavy atom. The summed E-state index contributed by atoms with van der Waals surface area (Å²) in [5.74, 6) is -0.405. The minimum atomic E-state index is -3.68. The summed E-state index contributed by atoms with van der Waals surface area (Å²) in [5, 5.41) is 5.42. The molecule has 0 fully saturated rings. The van der Waals surface area contributed by atoms with Crippen molar-refractivity contribution in [3.8, 4) is 0 Å². The molecule has 1 aromatic carbocycles. The van der Waals surface area contributed by atoms with Crippen LogP contribution in [0.3, 0.4) is 0 Å². The number of benzene rings is 1. The molecule has 0 bridgehead atoms. The van der Waals surface area contributed by atoms with Crippen LogP contribution in [-0.2, 0) is 19.6 Å². The predicted octanol–water partition coefficient (Wildman–Crippen LogP) is -0.231. The fourth-order valence-corrected chi connectivity index (χ4v) is 2.38. The van der Waals surface area contributed by atoms with Gasteiger partial charge in [0.25, 0.3) is 0 Å². The Morgan fingerprint density at radius 2 is 1.90 bits per heavy atom. The van der Waals surface area contributed by atoms with Crippen molar-refractivity contribution in [3.63, 3.8) is 0 Å². The van der Waals surface area contributed by atoms with Gasteiger partial charge in [-0.3, -0.25) is 4.79 Å². The number of methoxy groups -OCH3 is 1. The van der Waals surface area contributed by atoms with Crippen molar-refractivity contribution in [1.29, 1.82) is 0 Å². The van der Waals surface area contributed by atoms with E-state index in [-0.39, 0.29) is 11.4 Å². The lowest BCUT2D eigenvalue weighted by molar-refractivity contribution is -0.120. The summed E-state index contributed by atoms with van der Waals surface area (Å²) in [6.07, 6.45) is 0. The van der Waals surface area contributed by atoms with Gasteiger partial charge in [0.05, 0.1) is 18.0 Å². The van der Waals surface area contributed by atoms with Gasteiger partial charge in [0, 0.05) is 26.4 Å². The third-order valence-electron chi connectivity index (χ3n) is 2.50. The van der Waals surface area contributed by atoms with Crippen LogP contribution in [0.25, 0.3) is 0 Å². The molecule has 0 aliphatic heterocycles. The van der Waals surface area contributed by atoms with E-state index < -0.39 is 15.9 Å². The highest BCUT2D eigenvalue weighted by Crippen LogP contribution is 2.12. The largest absolute Gasteiger partial charge is 0.388 e. The number of nitrogens with one attached hydrogen (secondary N) is 3. The molecule has 0 heterocycles. The Hall–Kier alpha value is -1.64. The van der Waals surface area contributed by atoms with Crippen molar-refractivity contribution >= 4 is 21.6 Å². The molecule has 0 aliphatic carbocycles. The molecule has 8 heteroatoms. The lowest BCUT2D eigenvalue weighted by Gasteiger charge is -2.08. The monoisotopic (exact) mass is 301 g/mol. The number of amides is 1. The zero-order valence-corrected chi connectivity index (χ0v) is 12.3. The van der Waals surface area contributed by atoms with Crippen molar-refractivity contribution in [2.24, 2.45) is 0 Å². The molecular weight excluding hydrogens is 282 g/mol. The van der Waals surface area contributed by atoms with E-state index in [2.05, 4.69) is 15.4 Å². The predicted molar refractivity (Wildman–Crippen MR) is 76.1 cm³/mol. The molecule has 7 nitrogen and oxygen atoms in total. The fourth-order valence-electron chi connectivity index (χ4n) is 1.40. The molecule has 1 amide bonds. The van der Waals surface area contributed by atoms with Gasteiger partial charge < -0.3 is 15.4 Å². The SMILES string of the molecule is CNc1ccc(S(=O)(=O)NCC(=O)NCCOC)cc1. The number of hydrogen-bond donors (Lipinski definition) is 3. The molecule has 0 radical (unpaired) electrons. The highest BCUT2D eigenvalue weighted by atomic mass is 32.2. The van der Waals surface area contributed by atoms with Crippen molar-refractivity contribution in [2.45, 2.75) is 4.90 Å². The van der Waals surface area contributed by atoms with E-state index in [1.165, 1.54) is 19.2 Å². The van der Waals surface area contributed by atoms with E-state index >= 15 is 0 Å². The zero-order chi connectivity index (χ0) is 15.0. The van der Waals surface area contributed by atoms with Gasteiger partial charge in [-0.25, -0.2) is 13.1 Å². The summed E-state index contributed by atoms with van der Waals surface area (Å²) in [6, 6.07) is 6.23. The summed E-state index contributed by atoms with van der Waals surface area (Å²) in [4.78, 5) is 11.5. The van der Waals surface area contributed by atoms with Gasteiger partial charge in [-0.1, -0.05) is 0 Å². The molecule has 0 saturated heterocycles. The van der Waals surface area contributed by atoms with Crippen LogP contribution in [-0.4, -0.2) is 48.2 Å². The molecule has 1 aromatic rings. The maximum atomic E-state index is 11.9. The van der Waals surface area contributed by atoms with Crippen molar-refractivity contribution < 1.29 is 17.9 Å². The third kappa shape index (κ3) is 5.16. The first kappa shape index (κ1) is 16.4. The Morgan fingerprint density at radius 3 is 2.45 bits per heavy atom. The average Bonchev–Trinajstić information content (AvgIpc) is 2.45. The standard InChI is InChI=1S/C12H19N3O4S/c1-13-10-3-5-11(6-4-10)20(17,18)15-9-12(16)14-7-8-19-2/h3-6,13,15H,7-9H2,1-2H3,(H,14,16). The van der Waals surface area contributed by atoms with Gasteiger partial charge in [-0.2, -0.15) is 0 Å². The average molecular weight is 301 g/mol. The van der Waals surface area contributed by atoms with Crippen molar-refractivity contribution in [2.75, 3.05) is 39.2 Å². The third-order valence-corrected chi connectivity index (χ3v) is 3.92. The van der Waals surface area contributed by atoms with E-state index in [1.54, 1.807) is 19.2 Å². The molecule has 0 spiro atoms. The highest BCUT2D eigenvalue weighted by Gasteiger charge is 2.15. The normalized spacial score (nSPS) is 11.1. The molecule has 0 aliphatic rings. The lowest BCUT2D eigenvalue weighted by Crippen LogP contribution is -2.38. The summed E-state index contributed by atoms with van der Waals surface area (Å²) in [7, 11) is -0.421. The first-order valence-corrected chi connectivity index (χ1v) is 7.51. The number of carbonyl (C=O) groups is 1. The van der Waals surface area contributed by atoms with Crippen LogP contribution in [0.2, 0.25) is 0 Å². The van der Waals surface area contributed by atoms with Crippen LogP contribution in [0.4, 0.5) is 5.69 Å². The van der Waals surface area contributed by atoms with Gasteiger partial charge in [0.2, 0.25) is 15.9 Å². The molecule has 20 heavy (non-hydrogen) atoms. The maximum absolute atomic E-state index is 11.9. The molecule has 112 valence electrons. The molecular formula is C12H19N3O4S. The molecule has 1 rings (SSSR count).